The van der Waals surface area contributed by atoms with E-state index in [9.17, 15) is 14.4 Å². The van der Waals surface area contributed by atoms with Gasteiger partial charge in [-0.3, -0.25) is 9.59 Å². The average Bonchev–Trinajstić information content (AvgIpc) is 2.76. The van der Waals surface area contributed by atoms with Gasteiger partial charge < -0.3 is 19.7 Å². The number of ether oxygens (including phenoxy) is 2. The second-order valence-corrected chi connectivity index (χ2v) is 7.04. The monoisotopic (exact) mass is 398 g/mol. The van der Waals surface area contributed by atoms with Crippen LogP contribution in [0.3, 0.4) is 0 Å². The van der Waals surface area contributed by atoms with Gasteiger partial charge in [-0.05, 0) is 48.7 Å². The van der Waals surface area contributed by atoms with Crippen LogP contribution in [0.1, 0.15) is 30.1 Å². The zero-order chi connectivity index (χ0) is 20.8. The molecule has 1 N–H and O–H groups in total. The number of nitrogens with zero attached hydrogens (tertiary/aromatic N) is 1. The normalized spacial score (nSPS) is 16.3. The fourth-order valence-corrected chi connectivity index (χ4v) is 3.59. The SMILES string of the molecule is CCOC(=O)CNC(=O)N1CCC[C@@H](C(=O)c2ccc3cc(OC)ccc3c2)C1. The minimum absolute atomic E-state index is 0.0330. The number of Topliss-reactive ketones (excluding diaryl/α,β-unsaturated/α-hetero) is 1. The number of ketones is 1. The van der Waals surface area contributed by atoms with Crippen LogP contribution in [0.2, 0.25) is 0 Å². The molecule has 0 spiro atoms. The second kappa shape index (κ2) is 9.41. The van der Waals surface area contributed by atoms with E-state index in [1.807, 2.05) is 36.4 Å². The first-order valence-corrected chi connectivity index (χ1v) is 9.82. The molecular formula is C22H26N2O5. The Labute approximate surface area is 170 Å². The van der Waals surface area contributed by atoms with Gasteiger partial charge in [-0.15, -0.1) is 0 Å². The molecule has 2 amide bonds. The molecule has 1 heterocycles. The smallest absolute Gasteiger partial charge is 0.325 e. The quantitative estimate of drug-likeness (QED) is 0.597. The number of hydrogen-bond acceptors (Lipinski definition) is 5. The number of fused-ring (bicyclic) bond motifs is 1. The summed E-state index contributed by atoms with van der Waals surface area (Å²) in [6.07, 6.45) is 1.48. The molecule has 3 rings (SSSR count). The van der Waals surface area contributed by atoms with E-state index >= 15 is 0 Å². The summed E-state index contributed by atoms with van der Waals surface area (Å²) in [5, 5.41) is 4.53. The van der Waals surface area contributed by atoms with Crippen molar-refractivity contribution in [2.24, 2.45) is 5.92 Å². The first kappa shape index (κ1) is 20.6. The lowest BCUT2D eigenvalue weighted by molar-refractivity contribution is -0.141. The fraction of sp³-hybridized carbons (Fsp3) is 0.409. The van der Waals surface area contributed by atoms with Gasteiger partial charge in [0, 0.05) is 24.6 Å². The maximum Gasteiger partial charge on any atom is 0.325 e. The number of piperidine rings is 1. The molecule has 0 aliphatic carbocycles. The highest BCUT2D eigenvalue weighted by Crippen LogP contribution is 2.25. The van der Waals surface area contributed by atoms with Crippen LogP contribution in [0.5, 0.6) is 5.75 Å². The molecule has 7 nitrogen and oxygen atoms in total. The zero-order valence-electron chi connectivity index (χ0n) is 16.8. The van der Waals surface area contributed by atoms with Gasteiger partial charge in [0.05, 0.1) is 13.7 Å². The van der Waals surface area contributed by atoms with Crippen molar-refractivity contribution in [1.29, 1.82) is 0 Å². The molecular weight excluding hydrogens is 372 g/mol. The highest BCUT2D eigenvalue weighted by molar-refractivity contribution is 6.01. The lowest BCUT2D eigenvalue weighted by Gasteiger charge is -2.32. The largest absolute Gasteiger partial charge is 0.497 e. The molecule has 0 aromatic heterocycles. The van der Waals surface area contributed by atoms with Crippen LogP contribution in [-0.2, 0) is 9.53 Å². The number of amides is 2. The number of rotatable bonds is 6. The maximum absolute atomic E-state index is 13.0. The molecule has 1 saturated heterocycles. The zero-order valence-corrected chi connectivity index (χ0v) is 16.8. The van der Waals surface area contributed by atoms with Crippen LogP contribution in [0.4, 0.5) is 4.79 Å². The summed E-state index contributed by atoms with van der Waals surface area (Å²) >= 11 is 0. The molecule has 0 radical (unpaired) electrons. The van der Waals surface area contributed by atoms with E-state index in [0.717, 1.165) is 29.4 Å². The minimum atomic E-state index is -0.474. The second-order valence-electron chi connectivity index (χ2n) is 7.04. The Kier molecular flexibility index (Phi) is 6.69. The lowest BCUT2D eigenvalue weighted by Crippen LogP contribution is -2.48. The van der Waals surface area contributed by atoms with E-state index in [1.54, 1.807) is 18.9 Å². The number of methoxy groups -OCH3 is 1. The van der Waals surface area contributed by atoms with Crippen LogP contribution >= 0.6 is 0 Å². The molecule has 2 aromatic carbocycles. The lowest BCUT2D eigenvalue weighted by atomic mass is 9.89. The van der Waals surface area contributed by atoms with Crippen molar-refractivity contribution in [3.63, 3.8) is 0 Å². The van der Waals surface area contributed by atoms with Crippen molar-refractivity contribution in [3.8, 4) is 5.75 Å². The predicted molar refractivity (Wildman–Crippen MR) is 109 cm³/mol. The van der Waals surface area contributed by atoms with E-state index in [0.29, 0.717) is 18.7 Å². The fourth-order valence-electron chi connectivity index (χ4n) is 3.59. The van der Waals surface area contributed by atoms with Crippen molar-refractivity contribution in [3.05, 3.63) is 42.0 Å². The van der Waals surface area contributed by atoms with Crippen molar-refractivity contribution in [1.82, 2.24) is 10.2 Å². The Morgan fingerprint density at radius 3 is 2.66 bits per heavy atom. The summed E-state index contributed by atoms with van der Waals surface area (Å²) in [6.45, 7) is 2.72. The number of likely N-dealkylation sites (tertiary alicyclic amines) is 1. The maximum atomic E-state index is 13.0. The Morgan fingerprint density at radius 1 is 1.14 bits per heavy atom. The Bertz CT molecular complexity index is 911. The van der Waals surface area contributed by atoms with E-state index in [-0.39, 0.29) is 30.9 Å². The van der Waals surface area contributed by atoms with Crippen molar-refractivity contribution >= 4 is 28.6 Å². The molecule has 154 valence electrons. The predicted octanol–water partition coefficient (Wildman–Crippen LogP) is 3.02. The summed E-state index contributed by atoms with van der Waals surface area (Å²) in [6, 6.07) is 11.0. The number of urea groups is 1. The summed E-state index contributed by atoms with van der Waals surface area (Å²) < 4.78 is 10.1. The van der Waals surface area contributed by atoms with Crippen molar-refractivity contribution in [2.75, 3.05) is 33.4 Å². The van der Waals surface area contributed by atoms with Crippen molar-refractivity contribution in [2.45, 2.75) is 19.8 Å². The van der Waals surface area contributed by atoms with Gasteiger partial charge in [0.1, 0.15) is 12.3 Å². The molecule has 1 aliphatic heterocycles. The minimum Gasteiger partial charge on any atom is -0.497 e. The number of carbonyl (C=O) groups excluding carboxylic acids is 3. The molecule has 0 saturated carbocycles. The van der Waals surface area contributed by atoms with Gasteiger partial charge in [-0.1, -0.05) is 18.2 Å². The van der Waals surface area contributed by atoms with E-state index in [1.165, 1.54) is 0 Å². The van der Waals surface area contributed by atoms with E-state index in [4.69, 9.17) is 9.47 Å². The van der Waals surface area contributed by atoms with Gasteiger partial charge in [0.25, 0.3) is 0 Å². The Morgan fingerprint density at radius 2 is 1.90 bits per heavy atom. The van der Waals surface area contributed by atoms with Crippen LogP contribution in [-0.4, -0.2) is 56.0 Å². The molecule has 0 bridgehead atoms. The molecule has 1 fully saturated rings. The van der Waals surface area contributed by atoms with Gasteiger partial charge >= 0.3 is 12.0 Å². The van der Waals surface area contributed by atoms with Crippen LogP contribution in [0, 0.1) is 5.92 Å². The molecule has 29 heavy (non-hydrogen) atoms. The third kappa shape index (κ3) is 5.04. The first-order valence-electron chi connectivity index (χ1n) is 9.82. The van der Waals surface area contributed by atoms with Gasteiger partial charge in [-0.2, -0.15) is 0 Å². The molecule has 7 heteroatoms. The topological polar surface area (TPSA) is 84.9 Å². The number of nitrogens with one attached hydrogen (secondary N) is 1. The van der Waals surface area contributed by atoms with Gasteiger partial charge in [0.2, 0.25) is 0 Å². The van der Waals surface area contributed by atoms with Crippen LogP contribution < -0.4 is 10.1 Å². The van der Waals surface area contributed by atoms with E-state index in [2.05, 4.69) is 5.32 Å². The van der Waals surface area contributed by atoms with Crippen LogP contribution in [0.25, 0.3) is 10.8 Å². The Balaban J connectivity index is 1.65. The number of benzene rings is 2. The standard InChI is InChI=1S/C22H26N2O5/c1-3-29-20(25)13-23-22(27)24-10-4-5-18(14-24)21(26)17-7-6-16-12-19(28-2)9-8-15(16)11-17/h6-9,11-12,18H,3-5,10,13-14H2,1-2H3,(H,23,27)/t18-/m1/s1. The first-order chi connectivity index (χ1) is 14.0. The molecule has 1 aliphatic rings. The highest BCUT2D eigenvalue weighted by Gasteiger charge is 2.29. The van der Waals surface area contributed by atoms with E-state index < -0.39 is 5.97 Å². The average molecular weight is 398 g/mol. The molecule has 0 unspecified atom stereocenters. The molecule has 2 aromatic rings. The number of carbonyl (C=O) groups is 3. The highest BCUT2D eigenvalue weighted by atomic mass is 16.5. The summed E-state index contributed by atoms with van der Waals surface area (Å²) in [5.41, 5.74) is 0.640. The Hall–Kier alpha value is -3.09. The summed E-state index contributed by atoms with van der Waals surface area (Å²) in [7, 11) is 1.62. The summed E-state index contributed by atoms with van der Waals surface area (Å²) in [5.74, 6) is 0.0741. The number of hydrogen-bond donors (Lipinski definition) is 1. The van der Waals surface area contributed by atoms with Gasteiger partial charge in [-0.25, -0.2) is 4.79 Å². The van der Waals surface area contributed by atoms with Crippen molar-refractivity contribution < 1.29 is 23.9 Å². The summed E-state index contributed by atoms with van der Waals surface area (Å²) in [4.78, 5) is 38.4. The molecule has 1 atom stereocenters. The number of esters is 1. The van der Waals surface area contributed by atoms with Crippen LogP contribution in [0.15, 0.2) is 36.4 Å². The van der Waals surface area contributed by atoms with Gasteiger partial charge in [0.15, 0.2) is 5.78 Å². The third-order valence-corrected chi connectivity index (χ3v) is 5.10. The third-order valence-electron chi connectivity index (χ3n) is 5.10.